The van der Waals surface area contributed by atoms with Crippen molar-refractivity contribution in [2.24, 2.45) is 9.98 Å². The average molecular weight is 249 g/mol. The summed E-state index contributed by atoms with van der Waals surface area (Å²) in [4.78, 5) is 10.4. The third kappa shape index (κ3) is 1.47. The lowest BCUT2D eigenvalue weighted by molar-refractivity contribution is 0.535. The minimum Gasteiger partial charge on any atom is -0.248 e. The molecular formula is C12H9ClN2S. The van der Waals surface area contributed by atoms with Crippen molar-refractivity contribution < 1.29 is 0 Å². The van der Waals surface area contributed by atoms with Crippen molar-refractivity contribution in [3.63, 3.8) is 0 Å². The van der Waals surface area contributed by atoms with Gasteiger partial charge in [-0.25, -0.2) is 9.98 Å². The quantitative estimate of drug-likeness (QED) is 0.741. The first-order valence-corrected chi connectivity index (χ1v) is 6.17. The second kappa shape index (κ2) is 3.40. The molecule has 0 amide bonds. The van der Waals surface area contributed by atoms with Crippen LogP contribution in [0.15, 0.2) is 46.4 Å². The SMILES string of the molecule is CC1(c2ccc(Cl)s2)N=c2ccccc2=N1. The second-order valence-electron chi connectivity index (χ2n) is 3.84. The number of nitrogens with zero attached hydrogens (tertiary/aromatic N) is 2. The van der Waals surface area contributed by atoms with E-state index in [1.165, 1.54) is 11.3 Å². The molecule has 0 fully saturated rings. The standard InChI is InChI=1S/C12H9ClN2S/c1-12(10-6-7-11(13)16-10)14-8-4-2-3-5-9(8)15-12/h2-7H,1H3. The van der Waals surface area contributed by atoms with Gasteiger partial charge in [-0.15, -0.1) is 11.3 Å². The molecule has 2 heterocycles. The summed E-state index contributed by atoms with van der Waals surface area (Å²) in [6, 6.07) is 11.8. The van der Waals surface area contributed by atoms with Gasteiger partial charge in [-0.3, -0.25) is 0 Å². The maximum atomic E-state index is 5.95. The van der Waals surface area contributed by atoms with Gasteiger partial charge in [-0.1, -0.05) is 23.7 Å². The predicted molar refractivity (Wildman–Crippen MR) is 65.4 cm³/mol. The zero-order chi connectivity index (χ0) is 11.2. The topological polar surface area (TPSA) is 24.7 Å². The Balaban J connectivity index is 2.21. The van der Waals surface area contributed by atoms with Crippen LogP contribution in [-0.4, -0.2) is 0 Å². The van der Waals surface area contributed by atoms with Crippen molar-refractivity contribution in [2.45, 2.75) is 12.6 Å². The first kappa shape index (κ1) is 10.00. The van der Waals surface area contributed by atoms with E-state index in [-0.39, 0.29) is 0 Å². The third-order valence-electron chi connectivity index (χ3n) is 2.60. The largest absolute Gasteiger partial charge is 0.248 e. The lowest BCUT2D eigenvalue weighted by Gasteiger charge is -2.14. The molecule has 0 radical (unpaired) electrons. The van der Waals surface area contributed by atoms with Crippen LogP contribution in [0.25, 0.3) is 0 Å². The molecule has 0 bridgehead atoms. The van der Waals surface area contributed by atoms with Crippen molar-refractivity contribution in [2.75, 3.05) is 0 Å². The maximum absolute atomic E-state index is 5.95. The van der Waals surface area contributed by atoms with Gasteiger partial charge in [0, 0.05) is 0 Å². The number of thiophene rings is 1. The van der Waals surface area contributed by atoms with Crippen molar-refractivity contribution >= 4 is 22.9 Å². The number of benzene rings is 1. The summed E-state index contributed by atoms with van der Waals surface area (Å²) < 4.78 is 0.776. The molecule has 3 rings (SSSR count). The van der Waals surface area contributed by atoms with Crippen molar-refractivity contribution in [1.29, 1.82) is 0 Å². The van der Waals surface area contributed by atoms with Crippen LogP contribution in [0.3, 0.4) is 0 Å². The second-order valence-corrected chi connectivity index (χ2v) is 5.55. The van der Waals surface area contributed by atoms with Crippen LogP contribution in [0.5, 0.6) is 0 Å². The lowest BCUT2D eigenvalue weighted by atomic mass is 10.2. The van der Waals surface area contributed by atoms with E-state index in [0.717, 1.165) is 19.9 Å². The predicted octanol–water partition coefficient (Wildman–Crippen LogP) is 2.53. The fourth-order valence-corrected chi connectivity index (χ4v) is 2.91. The summed E-state index contributed by atoms with van der Waals surface area (Å²) in [6.45, 7) is 2.01. The van der Waals surface area contributed by atoms with Gasteiger partial charge in [0.1, 0.15) is 0 Å². The summed E-state index contributed by atoms with van der Waals surface area (Å²) >= 11 is 7.48. The highest BCUT2D eigenvalue weighted by Gasteiger charge is 2.28. The minimum atomic E-state index is -0.499. The maximum Gasteiger partial charge on any atom is 0.183 e. The van der Waals surface area contributed by atoms with Gasteiger partial charge in [0.25, 0.3) is 0 Å². The van der Waals surface area contributed by atoms with Crippen molar-refractivity contribution in [3.8, 4) is 0 Å². The van der Waals surface area contributed by atoms with E-state index in [1.54, 1.807) is 0 Å². The minimum absolute atomic E-state index is 0.499. The molecule has 4 heteroatoms. The third-order valence-corrected chi connectivity index (χ3v) is 4.03. The molecular weight excluding hydrogens is 240 g/mol. The molecule has 0 N–H and O–H groups in total. The monoisotopic (exact) mass is 248 g/mol. The molecule has 80 valence electrons. The molecule has 1 aliphatic heterocycles. The molecule has 0 saturated carbocycles. The van der Waals surface area contributed by atoms with Crippen LogP contribution in [0.4, 0.5) is 0 Å². The van der Waals surface area contributed by atoms with Gasteiger partial charge in [-0.05, 0) is 31.2 Å². The van der Waals surface area contributed by atoms with Gasteiger partial charge >= 0.3 is 0 Å². The molecule has 0 spiro atoms. The summed E-state index contributed by atoms with van der Waals surface area (Å²) in [5.74, 6) is 0. The molecule has 0 atom stereocenters. The van der Waals surface area contributed by atoms with Crippen LogP contribution in [0.2, 0.25) is 4.34 Å². The fourth-order valence-electron chi connectivity index (χ4n) is 1.83. The highest BCUT2D eigenvalue weighted by molar-refractivity contribution is 7.16. The van der Waals surface area contributed by atoms with Gasteiger partial charge < -0.3 is 0 Å². The Kier molecular flexibility index (Phi) is 2.13. The van der Waals surface area contributed by atoms with E-state index in [9.17, 15) is 0 Å². The van der Waals surface area contributed by atoms with E-state index in [0.29, 0.717) is 0 Å². The van der Waals surface area contributed by atoms with E-state index in [2.05, 4.69) is 9.98 Å². The van der Waals surface area contributed by atoms with E-state index >= 15 is 0 Å². The van der Waals surface area contributed by atoms with E-state index in [1.807, 2.05) is 43.3 Å². The first-order chi connectivity index (χ1) is 7.67. The molecule has 1 aromatic carbocycles. The molecule has 0 aliphatic carbocycles. The average Bonchev–Trinajstić information content (AvgIpc) is 2.81. The summed E-state index contributed by atoms with van der Waals surface area (Å²) in [7, 11) is 0. The first-order valence-electron chi connectivity index (χ1n) is 4.98. The van der Waals surface area contributed by atoms with Crippen LogP contribution >= 0.6 is 22.9 Å². The molecule has 0 unspecified atom stereocenters. The van der Waals surface area contributed by atoms with Gasteiger partial charge in [0.15, 0.2) is 5.66 Å². The lowest BCUT2D eigenvalue weighted by Crippen LogP contribution is -2.19. The molecule has 1 aliphatic rings. The number of rotatable bonds is 1. The Morgan fingerprint density at radius 3 is 2.19 bits per heavy atom. The molecule has 2 nitrogen and oxygen atoms in total. The fraction of sp³-hybridized carbons (Fsp3) is 0.167. The summed E-state index contributed by atoms with van der Waals surface area (Å²) in [5, 5.41) is 1.91. The zero-order valence-electron chi connectivity index (χ0n) is 8.64. The number of fused-ring (bicyclic) bond motifs is 1. The smallest absolute Gasteiger partial charge is 0.183 e. The molecule has 0 saturated heterocycles. The van der Waals surface area contributed by atoms with Gasteiger partial charge in [-0.2, -0.15) is 0 Å². The number of para-hydroxylation sites is 2. The van der Waals surface area contributed by atoms with Crippen molar-refractivity contribution in [3.05, 3.63) is 56.3 Å². The Bertz CT molecular complexity index is 625. The van der Waals surface area contributed by atoms with Crippen LogP contribution in [-0.2, 0) is 5.66 Å². The van der Waals surface area contributed by atoms with Gasteiger partial charge in [0.05, 0.1) is 19.9 Å². The van der Waals surface area contributed by atoms with E-state index in [4.69, 9.17) is 11.6 Å². The highest BCUT2D eigenvalue weighted by Crippen LogP contribution is 2.34. The van der Waals surface area contributed by atoms with E-state index < -0.39 is 5.66 Å². The normalized spacial score (nSPS) is 16.4. The zero-order valence-corrected chi connectivity index (χ0v) is 10.2. The molecule has 1 aromatic heterocycles. The Morgan fingerprint density at radius 2 is 1.69 bits per heavy atom. The Morgan fingerprint density at radius 1 is 1.06 bits per heavy atom. The summed E-state index contributed by atoms with van der Waals surface area (Å²) in [5.41, 5.74) is -0.499. The van der Waals surface area contributed by atoms with Crippen LogP contribution < -0.4 is 10.7 Å². The number of halogens is 1. The highest BCUT2D eigenvalue weighted by atomic mass is 35.5. The van der Waals surface area contributed by atoms with Crippen molar-refractivity contribution in [1.82, 2.24) is 0 Å². The Labute approximate surface area is 102 Å². The molecule has 16 heavy (non-hydrogen) atoms. The van der Waals surface area contributed by atoms with Gasteiger partial charge in [0.2, 0.25) is 0 Å². The van der Waals surface area contributed by atoms with Crippen LogP contribution in [0.1, 0.15) is 11.8 Å². The van der Waals surface area contributed by atoms with Crippen LogP contribution in [0, 0.1) is 0 Å². The Hall–Kier alpha value is -1.19. The number of hydrogen-bond donors (Lipinski definition) is 0. The molecule has 2 aromatic rings. The summed E-state index contributed by atoms with van der Waals surface area (Å²) in [6.07, 6.45) is 0. The number of hydrogen-bond acceptors (Lipinski definition) is 3.